The molecule has 1 aromatic carbocycles. The fourth-order valence-electron chi connectivity index (χ4n) is 5.64. The van der Waals surface area contributed by atoms with Crippen LogP contribution in [0, 0.1) is 0 Å². The third kappa shape index (κ3) is 6.47. The van der Waals surface area contributed by atoms with Crippen LogP contribution in [0.2, 0.25) is 0 Å². The van der Waals surface area contributed by atoms with E-state index in [-0.39, 0.29) is 5.54 Å². The summed E-state index contributed by atoms with van der Waals surface area (Å²) >= 11 is 0. The van der Waals surface area contributed by atoms with Gasteiger partial charge in [0.2, 0.25) is 0 Å². The second-order valence-electron chi connectivity index (χ2n) is 13.0. The van der Waals surface area contributed by atoms with Crippen molar-refractivity contribution >= 4 is 12.6 Å². The number of nitrogens with zero attached hydrogens (tertiary/aromatic N) is 2. The van der Waals surface area contributed by atoms with Crippen molar-refractivity contribution in [2.75, 3.05) is 40.4 Å². The maximum atomic E-state index is 6.56. The summed E-state index contributed by atoms with van der Waals surface area (Å²) in [6.07, 6.45) is 5.17. The molecule has 0 spiro atoms. The molecule has 0 saturated carbocycles. The van der Waals surface area contributed by atoms with E-state index in [0.717, 1.165) is 80.9 Å². The summed E-state index contributed by atoms with van der Waals surface area (Å²) in [4.78, 5) is 5.06. The van der Waals surface area contributed by atoms with Crippen LogP contribution in [0.4, 0.5) is 0 Å². The monoisotopic (exact) mass is 516 g/mol. The highest BCUT2D eigenvalue weighted by Crippen LogP contribution is 2.38. The van der Waals surface area contributed by atoms with Crippen molar-refractivity contribution in [1.29, 1.82) is 0 Å². The number of ether oxygens (including phenoxy) is 3. The highest BCUT2D eigenvalue weighted by atomic mass is 16.7. The maximum Gasteiger partial charge on any atom is 0.495 e. The van der Waals surface area contributed by atoms with Gasteiger partial charge in [0.1, 0.15) is 11.5 Å². The van der Waals surface area contributed by atoms with Crippen LogP contribution in [0.25, 0.3) is 0 Å². The van der Waals surface area contributed by atoms with Crippen LogP contribution in [-0.2, 0) is 20.6 Å². The molecular weight excluding hydrogens is 467 g/mol. The predicted molar refractivity (Wildman–Crippen MR) is 149 cm³/mol. The van der Waals surface area contributed by atoms with Gasteiger partial charge in [-0.25, -0.2) is 0 Å². The summed E-state index contributed by atoms with van der Waals surface area (Å²) in [5.41, 5.74) is 1.44. The fourth-order valence-corrected chi connectivity index (χ4v) is 5.64. The number of piperidine rings is 2. The highest BCUT2D eigenvalue weighted by molar-refractivity contribution is 6.62. The molecule has 0 amide bonds. The number of hydrogen-bond acceptors (Lipinski definition) is 7. The van der Waals surface area contributed by atoms with Crippen molar-refractivity contribution in [1.82, 2.24) is 9.80 Å². The summed E-state index contributed by atoms with van der Waals surface area (Å²) < 4.78 is 30.8. The number of likely N-dealkylation sites (tertiary alicyclic amines) is 2. The minimum absolute atomic E-state index is 0.251. The summed E-state index contributed by atoms with van der Waals surface area (Å²) in [5, 5.41) is 0. The van der Waals surface area contributed by atoms with E-state index in [2.05, 4.69) is 58.3 Å². The van der Waals surface area contributed by atoms with Crippen LogP contribution in [0.1, 0.15) is 79.7 Å². The largest absolute Gasteiger partial charge is 0.496 e. The van der Waals surface area contributed by atoms with Crippen molar-refractivity contribution in [2.45, 2.75) is 110 Å². The molecule has 3 heterocycles. The molecule has 4 rings (SSSR count). The average Bonchev–Trinajstić information content (AvgIpc) is 3.06. The molecule has 3 aliphatic rings. The molecule has 0 aromatic heterocycles. The zero-order valence-corrected chi connectivity index (χ0v) is 24.7. The molecule has 0 aliphatic carbocycles. The lowest BCUT2D eigenvalue weighted by atomic mass is 9.78. The van der Waals surface area contributed by atoms with Crippen LogP contribution < -0.4 is 14.9 Å². The van der Waals surface area contributed by atoms with Gasteiger partial charge in [0.05, 0.1) is 43.2 Å². The van der Waals surface area contributed by atoms with E-state index < -0.39 is 18.3 Å². The van der Waals surface area contributed by atoms with E-state index in [1.165, 1.54) is 0 Å². The molecule has 208 valence electrons. The van der Waals surface area contributed by atoms with Gasteiger partial charge < -0.3 is 23.5 Å². The van der Waals surface area contributed by atoms with Crippen LogP contribution >= 0.6 is 0 Å². The second kappa shape index (κ2) is 11.0. The van der Waals surface area contributed by atoms with Gasteiger partial charge in [-0.1, -0.05) is 0 Å². The lowest BCUT2D eigenvalue weighted by Crippen LogP contribution is -2.48. The molecule has 8 heteroatoms. The Kier molecular flexibility index (Phi) is 8.57. The average molecular weight is 517 g/mol. The Balaban J connectivity index is 1.34. The Morgan fingerprint density at radius 2 is 1.30 bits per heavy atom. The van der Waals surface area contributed by atoms with E-state index >= 15 is 0 Å². The first-order chi connectivity index (χ1) is 17.3. The molecule has 0 atom stereocenters. The topological polar surface area (TPSA) is 52.6 Å². The van der Waals surface area contributed by atoms with Crippen molar-refractivity contribution in [2.24, 2.45) is 0 Å². The Morgan fingerprint density at radius 3 is 1.73 bits per heavy atom. The molecular formula is C29H49BN2O5. The van der Waals surface area contributed by atoms with Crippen LogP contribution in [0.3, 0.4) is 0 Å². The number of benzene rings is 1. The van der Waals surface area contributed by atoms with E-state index in [1.807, 2.05) is 12.1 Å². The van der Waals surface area contributed by atoms with Crippen molar-refractivity contribution in [3.63, 3.8) is 0 Å². The minimum Gasteiger partial charge on any atom is -0.496 e. The predicted octanol–water partition coefficient (Wildman–Crippen LogP) is 4.25. The van der Waals surface area contributed by atoms with E-state index in [1.54, 1.807) is 14.2 Å². The molecule has 1 aromatic rings. The standard InChI is InChI=1S/C29H49BN2O5/c1-27(2,3)32-16-12-23(13-17-32)35-22-10-14-31(15-11-22)20-24-25(33-8)18-21(19-26(24)34-9)30-36-28(4,5)29(6,7)37-30/h18-19,22-23H,10-17,20H2,1-9H3. The molecule has 3 saturated heterocycles. The van der Waals surface area contributed by atoms with Crippen molar-refractivity contribution in [3.05, 3.63) is 17.7 Å². The third-order valence-electron chi connectivity index (χ3n) is 8.85. The first kappa shape index (κ1) is 28.7. The summed E-state index contributed by atoms with van der Waals surface area (Å²) in [6.45, 7) is 20.3. The van der Waals surface area contributed by atoms with E-state index in [9.17, 15) is 0 Å². The van der Waals surface area contributed by atoms with Gasteiger partial charge in [0, 0.05) is 38.3 Å². The Morgan fingerprint density at radius 1 is 0.838 bits per heavy atom. The Hall–Kier alpha value is -1.32. The second-order valence-corrected chi connectivity index (χ2v) is 13.0. The first-order valence-electron chi connectivity index (χ1n) is 14.1. The van der Waals surface area contributed by atoms with E-state index in [4.69, 9.17) is 23.5 Å². The van der Waals surface area contributed by atoms with Gasteiger partial charge in [-0.2, -0.15) is 0 Å². The zero-order valence-electron chi connectivity index (χ0n) is 24.7. The molecule has 37 heavy (non-hydrogen) atoms. The molecule has 0 N–H and O–H groups in total. The molecule has 0 unspecified atom stereocenters. The van der Waals surface area contributed by atoms with Crippen molar-refractivity contribution < 1.29 is 23.5 Å². The highest BCUT2D eigenvalue weighted by Gasteiger charge is 2.52. The summed E-state index contributed by atoms with van der Waals surface area (Å²) in [7, 11) is 2.99. The van der Waals surface area contributed by atoms with Gasteiger partial charge in [0.15, 0.2) is 0 Å². The van der Waals surface area contributed by atoms with Crippen LogP contribution in [0.5, 0.6) is 11.5 Å². The Bertz CT molecular complexity index is 874. The molecule has 3 fully saturated rings. The number of rotatable bonds is 7. The molecule has 0 radical (unpaired) electrons. The summed E-state index contributed by atoms with van der Waals surface area (Å²) in [6, 6.07) is 4.08. The molecule has 3 aliphatic heterocycles. The van der Waals surface area contributed by atoms with Gasteiger partial charge >= 0.3 is 7.12 Å². The van der Waals surface area contributed by atoms with Crippen LogP contribution in [0.15, 0.2) is 12.1 Å². The van der Waals surface area contributed by atoms with E-state index in [0.29, 0.717) is 12.2 Å². The van der Waals surface area contributed by atoms with Gasteiger partial charge in [0.25, 0.3) is 0 Å². The van der Waals surface area contributed by atoms with Gasteiger partial charge in [-0.3, -0.25) is 9.80 Å². The van der Waals surface area contributed by atoms with Gasteiger partial charge in [-0.15, -0.1) is 0 Å². The number of hydrogen-bond donors (Lipinski definition) is 0. The quantitative estimate of drug-likeness (QED) is 0.503. The lowest BCUT2D eigenvalue weighted by molar-refractivity contribution is -0.0737. The fraction of sp³-hybridized carbons (Fsp3) is 0.793. The molecule has 7 nitrogen and oxygen atoms in total. The first-order valence-corrected chi connectivity index (χ1v) is 14.1. The zero-order chi connectivity index (χ0) is 27.0. The Labute approximate surface area is 225 Å². The van der Waals surface area contributed by atoms with Crippen molar-refractivity contribution in [3.8, 4) is 11.5 Å². The third-order valence-corrected chi connectivity index (χ3v) is 8.85. The smallest absolute Gasteiger partial charge is 0.495 e. The summed E-state index contributed by atoms with van der Waals surface area (Å²) in [5.74, 6) is 1.63. The minimum atomic E-state index is -0.454. The molecule has 0 bridgehead atoms. The normalized spacial score (nSPS) is 24.0. The number of methoxy groups -OCH3 is 2. The van der Waals surface area contributed by atoms with Crippen LogP contribution in [-0.4, -0.2) is 86.3 Å². The lowest BCUT2D eigenvalue weighted by Gasteiger charge is -2.42. The van der Waals surface area contributed by atoms with Gasteiger partial charge in [-0.05, 0) is 91.7 Å². The maximum absolute atomic E-state index is 6.56. The SMILES string of the molecule is COc1cc(B2OC(C)(C)C(C)(C)O2)cc(OC)c1CN1CCC(OC2CCN(C(C)(C)C)CC2)CC1.